The maximum atomic E-state index is 13.6. The molecule has 0 heterocycles. The number of carbonyl (C=O) groups is 1. The lowest BCUT2D eigenvalue weighted by atomic mass is 10.1. The van der Waals surface area contributed by atoms with E-state index >= 15 is 0 Å². The molecule has 1 N–H and O–H groups in total. The summed E-state index contributed by atoms with van der Waals surface area (Å²) in [6.45, 7) is 3.84. The minimum atomic E-state index is -3.93. The van der Waals surface area contributed by atoms with Gasteiger partial charge in [-0.25, -0.2) is 8.42 Å². The Hall–Kier alpha value is -2.26. The van der Waals surface area contributed by atoms with Crippen LogP contribution in [-0.4, -0.2) is 28.0 Å². The molecule has 0 spiro atoms. The summed E-state index contributed by atoms with van der Waals surface area (Å²) in [5, 5.41) is 3.61. The molecule has 0 saturated heterocycles. The molecule has 10 heteroatoms. The van der Waals surface area contributed by atoms with Crippen molar-refractivity contribution in [2.24, 2.45) is 0 Å². The van der Waals surface area contributed by atoms with E-state index in [1.54, 1.807) is 54.6 Å². The number of nitrogens with one attached hydrogen (secondary N) is 1. The molecule has 0 unspecified atom stereocenters. The van der Waals surface area contributed by atoms with Crippen LogP contribution in [0.25, 0.3) is 0 Å². The summed E-state index contributed by atoms with van der Waals surface area (Å²) < 4.78 is 34.3. The first-order chi connectivity index (χ1) is 16.5. The Morgan fingerprint density at radius 3 is 2.20 bits per heavy atom. The predicted molar refractivity (Wildman–Crippen MR) is 144 cm³/mol. The third-order valence-electron chi connectivity index (χ3n) is 5.54. The number of ether oxygens (including phenoxy) is 1. The van der Waals surface area contributed by atoms with E-state index in [2.05, 4.69) is 21.2 Å². The highest BCUT2D eigenvalue weighted by molar-refractivity contribution is 9.10. The molecule has 0 fully saturated rings. The zero-order valence-corrected chi connectivity index (χ0v) is 23.4. The van der Waals surface area contributed by atoms with Gasteiger partial charge in [0.05, 0.1) is 17.7 Å². The Balaban J connectivity index is 1.82. The molecule has 0 atom stereocenters. The fraction of sp³-hybridized carbons (Fsp3) is 0.240. The monoisotopic (exact) mass is 598 g/mol. The summed E-state index contributed by atoms with van der Waals surface area (Å²) >= 11 is 15.8. The van der Waals surface area contributed by atoms with E-state index in [1.807, 2.05) is 13.8 Å². The Bertz CT molecular complexity index is 1310. The normalized spacial score (nSPS) is 11.3. The number of aryl methyl sites for hydroxylation is 2. The van der Waals surface area contributed by atoms with Crippen molar-refractivity contribution >= 4 is 60.7 Å². The average Bonchev–Trinajstić information content (AvgIpc) is 2.80. The number of nitrogens with zero attached hydrogens (tertiary/aromatic N) is 1. The zero-order chi connectivity index (χ0) is 25.8. The van der Waals surface area contributed by atoms with Gasteiger partial charge >= 0.3 is 0 Å². The molecule has 0 aliphatic heterocycles. The van der Waals surface area contributed by atoms with Crippen LogP contribution in [0.3, 0.4) is 0 Å². The number of sulfonamides is 1. The van der Waals surface area contributed by atoms with Gasteiger partial charge in [-0.3, -0.25) is 9.10 Å². The maximum absolute atomic E-state index is 13.6. The molecule has 1 amide bonds. The molecule has 0 bridgehead atoms. The predicted octanol–water partition coefficient (Wildman–Crippen LogP) is 6.28. The molecule has 0 aliphatic rings. The second kappa shape index (κ2) is 11.6. The second-order valence-electron chi connectivity index (χ2n) is 7.90. The van der Waals surface area contributed by atoms with Crippen LogP contribution in [-0.2, 0) is 21.4 Å². The second-order valence-corrected chi connectivity index (χ2v) is 11.5. The Morgan fingerprint density at radius 1 is 1.00 bits per heavy atom. The van der Waals surface area contributed by atoms with Crippen LogP contribution < -0.4 is 14.4 Å². The Kier molecular flexibility index (Phi) is 9.10. The molecule has 35 heavy (non-hydrogen) atoms. The van der Waals surface area contributed by atoms with Crippen molar-refractivity contribution in [2.75, 3.05) is 18.0 Å². The fourth-order valence-corrected chi connectivity index (χ4v) is 6.25. The van der Waals surface area contributed by atoms with E-state index in [4.69, 9.17) is 27.9 Å². The topological polar surface area (TPSA) is 75.7 Å². The van der Waals surface area contributed by atoms with Crippen molar-refractivity contribution in [1.82, 2.24) is 5.32 Å². The molecule has 3 aromatic rings. The van der Waals surface area contributed by atoms with Crippen LogP contribution in [0.5, 0.6) is 5.75 Å². The number of carbonyl (C=O) groups excluding carboxylic acids is 1. The van der Waals surface area contributed by atoms with Crippen LogP contribution in [0.15, 0.2) is 64.0 Å². The third kappa shape index (κ3) is 6.70. The molecular weight excluding hydrogens is 575 g/mol. The van der Waals surface area contributed by atoms with Gasteiger partial charge in [0, 0.05) is 39.6 Å². The van der Waals surface area contributed by atoms with Gasteiger partial charge in [-0.05, 0) is 73.5 Å². The van der Waals surface area contributed by atoms with Gasteiger partial charge in [-0.2, -0.15) is 0 Å². The van der Waals surface area contributed by atoms with Gasteiger partial charge in [0.2, 0.25) is 5.91 Å². The fourth-order valence-electron chi connectivity index (χ4n) is 3.36. The van der Waals surface area contributed by atoms with E-state index < -0.39 is 10.0 Å². The van der Waals surface area contributed by atoms with Crippen LogP contribution in [0, 0.1) is 13.8 Å². The van der Waals surface area contributed by atoms with Crippen molar-refractivity contribution < 1.29 is 17.9 Å². The highest BCUT2D eigenvalue weighted by atomic mass is 79.9. The van der Waals surface area contributed by atoms with E-state index in [0.717, 1.165) is 15.6 Å². The zero-order valence-electron chi connectivity index (χ0n) is 19.4. The van der Waals surface area contributed by atoms with E-state index in [1.165, 1.54) is 11.4 Å². The summed E-state index contributed by atoms with van der Waals surface area (Å²) in [6, 6.07) is 15.0. The number of anilines is 1. The van der Waals surface area contributed by atoms with Crippen molar-refractivity contribution in [3.05, 3.63) is 85.8 Å². The minimum Gasteiger partial charge on any atom is -0.497 e. The lowest BCUT2D eigenvalue weighted by Gasteiger charge is -2.25. The summed E-state index contributed by atoms with van der Waals surface area (Å²) in [7, 11) is -2.39. The Labute approximate surface area is 224 Å². The first-order valence-electron chi connectivity index (χ1n) is 10.7. The van der Waals surface area contributed by atoms with Crippen molar-refractivity contribution in [2.45, 2.75) is 31.7 Å². The van der Waals surface area contributed by atoms with Crippen LogP contribution >= 0.6 is 39.1 Å². The average molecular weight is 600 g/mol. The molecule has 186 valence electrons. The van der Waals surface area contributed by atoms with Gasteiger partial charge in [0.25, 0.3) is 10.0 Å². The Morgan fingerprint density at radius 2 is 1.63 bits per heavy atom. The lowest BCUT2D eigenvalue weighted by Crippen LogP contribution is -2.35. The first kappa shape index (κ1) is 27.3. The summed E-state index contributed by atoms with van der Waals surface area (Å²) in [4.78, 5) is 12.8. The molecule has 0 radical (unpaired) electrons. The van der Waals surface area contributed by atoms with Crippen LogP contribution in [0.1, 0.15) is 23.1 Å². The largest absolute Gasteiger partial charge is 0.497 e. The molecule has 3 aromatic carbocycles. The lowest BCUT2D eigenvalue weighted by molar-refractivity contribution is -0.121. The van der Waals surface area contributed by atoms with Gasteiger partial charge in [-0.15, -0.1) is 0 Å². The quantitative estimate of drug-likeness (QED) is 0.314. The van der Waals surface area contributed by atoms with E-state index in [0.29, 0.717) is 27.0 Å². The maximum Gasteiger partial charge on any atom is 0.264 e. The molecule has 3 rings (SSSR count). The van der Waals surface area contributed by atoms with E-state index in [-0.39, 0.29) is 30.3 Å². The number of hydrogen-bond acceptors (Lipinski definition) is 4. The number of rotatable bonds is 9. The van der Waals surface area contributed by atoms with Gasteiger partial charge in [-0.1, -0.05) is 45.2 Å². The molecule has 0 aromatic heterocycles. The van der Waals surface area contributed by atoms with Crippen molar-refractivity contribution in [3.8, 4) is 5.75 Å². The van der Waals surface area contributed by atoms with Gasteiger partial charge < -0.3 is 10.1 Å². The van der Waals surface area contributed by atoms with Gasteiger partial charge in [0.1, 0.15) is 5.75 Å². The van der Waals surface area contributed by atoms with Crippen molar-refractivity contribution in [1.29, 1.82) is 0 Å². The molecule has 0 aliphatic carbocycles. The number of halogens is 3. The van der Waals surface area contributed by atoms with Crippen LogP contribution in [0.4, 0.5) is 5.69 Å². The third-order valence-corrected chi connectivity index (χ3v) is 8.49. The highest BCUT2D eigenvalue weighted by Crippen LogP contribution is 2.30. The molecule has 0 saturated carbocycles. The molecular formula is C25H25BrCl2N2O4S. The molecule has 6 nitrogen and oxygen atoms in total. The number of methoxy groups -OCH3 is 1. The smallest absolute Gasteiger partial charge is 0.264 e. The van der Waals surface area contributed by atoms with Crippen LogP contribution in [0.2, 0.25) is 10.0 Å². The number of hydrogen-bond donors (Lipinski definition) is 1. The van der Waals surface area contributed by atoms with Crippen molar-refractivity contribution in [3.63, 3.8) is 0 Å². The van der Waals surface area contributed by atoms with E-state index in [9.17, 15) is 13.2 Å². The summed E-state index contributed by atoms with van der Waals surface area (Å²) in [6.07, 6.45) is -0.0676. The SMILES string of the molecule is COc1ccc(N(CCC(=O)NCc2c(Cl)cc(Br)cc2Cl)S(=O)(=O)c2ccc(C)c(C)c2)cc1. The standard InChI is InChI=1S/C25H25BrCl2N2O4S/c1-16-4-9-21(12-17(16)2)35(32,33)30(19-5-7-20(34-3)8-6-19)11-10-25(31)29-15-22-23(27)13-18(26)14-24(22)28/h4-9,12-14H,10-11,15H2,1-3H3,(H,29,31). The number of benzene rings is 3. The van der Waals surface area contributed by atoms with Gasteiger partial charge in [0.15, 0.2) is 0 Å². The highest BCUT2D eigenvalue weighted by Gasteiger charge is 2.26. The summed E-state index contributed by atoms with van der Waals surface area (Å²) in [5.41, 5.74) is 2.86. The minimum absolute atomic E-state index is 0.0603. The number of amides is 1. The summed E-state index contributed by atoms with van der Waals surface area (Å²) in [5.74, 6) is 0.257. The first-order valence-corrected chi connectivity index (χ1v) is 13.7.